The van der Waals surface area contributed by atoms with E-state index in [1.165, 1.54) is 50.2 Å². The largest absolute Gasteiger partial charge is 0.497 e. The van der Waals surface area contributed by atoms with E-state index in [1.807, 2.05) is 0 Å². The van der Waals surface area contributed by atoms with Gasteiger partial charge < -0.3 is 14.8 Å². The summed E-state index contributed by atoms with van der Waals surface area (Å²) in [6.45, 7) is -0.144. The number of anilines is 1. The van der Waals surface area contributed by atoms with Crippen LogP contribution < -0.4 is 19.1 Å². The molecule has 1 amide bonds. The molecular formula is C25H27FN2O5S2. The summed E-state index contributed by atoms with van der Waals surface area (Å²) >= 11 is 1.47. The summed E-state index contributed by atoms with van der Waals surface area (Å²) in [5.74, 6) is 1.00. The molecule has 0 fully saturated rings. The van der Waals surface area contributed by atoms with Crippen LogP contribution in [0.1, 0.15) is 5.56 Å². The number of carbonyl (C=O) groups excluding carboxylic acids is 1. The SMILES string of the molecule is COc1ccc(N(CC(=O)NCCSCc2ccccc2F)S(=O)(=O)c2ccccc2)c(OC)c1. The number of benzene rings is 3. The van der Waals surface area contributed by atoms with Gasteiger partial charge in [-0.3, -0.25) is 9.10 Å². The molecule has 0 aliphatic carbocycles. The molecule has 0 saturated carbocycles. The molecule has 7 nitrogen and oxygen atoms in total. The lowest BCUT2D eigenvalue weighted by Gasteiger charge is -2.26. The Kier molecular flexibility index (Phi) is 9.39. The van der Waals surface area contributed by atoms with Crippen molar-refractivity contribution < 1.29 is 27.1 Å². The monoisotopic (exact) mass is 518 g/mol. The van der Waals surface area contributed by atoms with Crippen molar-refractivity contribution >= 4 is 33.4 Å². The lowest BCUT2D eigenvalue weighted by Crippen LogP contribution is -2.41. The Labute approximate surface area is 209 Å². The van der Waals surface area contributed by atoms with Gasteiger partial charge in [-0.15, -0.1) is 0 Å². The Morgan fingerprint density at radius 2 is 1.71 bits per heavy atom. The lowest BCUT2D eigenvalue weighted by atomic mass is 10.2. The van der Waals surface area contributed by atoms with Crippen molar-refractivity contribution in [3.8, 4) is 11.5 Å². The van der Waals surface area contributed by atoms with E-state index in [9.17, 15) is 17.6 Å². The van der Waals surface area contributed by atoms with Crippen molar-refractivity contribution in [3.05, 3.63) is 84.2 Å². The van der Waals surface area contributed by atoms with E-state index in [0.29, 0.717) is 29.4 Å². The number of rotatable bonds is 12. The summed E-state index contributed by atoms with van der Waals surface area (Å²) in [4.78, 5) is 12.8. The zero-order chi connectivity index (χ0) is 25.3. The van der Waals surface area contributed by atoms with Crippen LogP contribution in [0.2, 0.25) is 0 Å². The second-order valence-corrected chi connectivity index (χ2v) is 10.3. The minimum atomic E-state index is -4.07. The minimum absolute atomic E-state index is 0.0473. The Balaban J connectivity index is 1.72. The third-order valence-electron chi connectivity index (χ3n) is 5.06. The number of thioether (sulfide) groups is 1. The van der Waals surface area contributed by atoms with Gasteiger partial charge in [-0.05, 0) is 35.9 Å². The zero-order valence-corrected chi connectivity index (χ0v) is 21.1. The van der Waals surface area contributed by atoms with Crippen molar-refractivity contribution in [1.82, 2.24) is 5.32 Å². The molecule has 186 valence electrons. The number of nitrogens with zero attached hydrogens (tertiary/aromatic N) is 1. The van der Waals surface area contributed by atoms with Gasteiger partial charge in [0.05, 0.1) is 24.8 Å². The van der Waals surface area contributed by atoms with Crippen LogP contribution >= 0.6 is 11.8 Å². The predicted octanol–water partition coefficient (Wildman–Crippen LogP) is 4.09. The zero-order valence-electron chi connectivity index (χ0n) is 19.4. The molecule has 0 radical (unpaired) electrons. The number of halogens is 1. The maximum atomic E-state index is 13.7. The number of nitrogens with one attached hydrogen (secondary N) is 1. The number of amides is 1. The highest BCUT2D eigenvalue weighted by Crippen LogP contribution is 2.35. The Morgan fingerprint density at radius 3 is 2.40 bits per heavy atom. The van der Waals surface area contributed by atoms with Gasteiger partial charge in [-0.1, -0.05) is 36.4 Å². The normalized spacial score (nSPS) is 11.1. The fraction of sp³-hybridized carbons (Fsp3) is 0.240. The molecule has 3 rings (SSSR count). The van der Waals surface area contributed by atoms with Gasteiger partial charge in [0.1, 0.15) is 23.9 Å². The molecule has 0 aromatic heterocycles. The maximum Gasteiger partial charge on any atom is 0.264 e. The minimum Gasteiger partial charge on any atom is -0.497 e. The summed E-state index contributed by atoms with van der Waals surface area (Å²) in [5.41, 5.74) is 0.803. The first-order chi connectivity index (χ1) is 16.9. The van der Waals surface area contributed by atoms with Gasteiger partial charge in [-0.2, -0.15) is 11.8 Å². The van der Waals surface area contributed by atoms with Gasteiger partial charge in [0.2, 0.25) is 5.91 Å². The fourth-order valence-electron chi connectivity index (χ4n) is 3.26. The molecule has 0 heterocycles. The molecular weight excluding hydrogens is 491 g/mol. The van der Waals surface area contributed by atoms with E-state index in [0.717, 1.165) is 4.31 Å². The molecule has 35 heavy (non-hydrogen) atoms. The smallest absolute Gasteiger partial charge is 0.264 e. The third-order valence-corrected chi connectivity index (χ3v) is 7.84. The van der Waals surface area contributed by atoms with Crippen LogP contribution in [0.4, 0.5) is 10.1 Å². The number of ether oxygens (including phenoxy) is 2. The molecule has 0 aliphatic heterocycles. The van der Waals surface area contributed by atoms with Gasteiger partial charge in [-0.25, -0.2) is 12.8 Å². The van der Waals surface area contributed by atoms with E-state index in [2.05, 4.69) is 5.32 Å². The van der Waals surface area contributed by atoms with Crippen molar-refractivity contribution in [2.75, 3.05) is 37.4 Å². The van der Waals surface area contributed by atoms with E-state index >= 15 is 0 Å². The second-order valence-electron chi connectivity index (χ2n) is 7.36. The van der Waals surface area contributed by atoms with Crippen LogP contribution in [-0.2, 0) is 20.6 Å². The van der Waals surface area contributed by atoms with Gasteiger partial charge >= 0.3 is 0 Å². The van der Waals surface area contributed by atoms with Crippen LogP contribution in [0.15, 0.2) is 77.7 Å². The predicted molar refractivity (Wildman–Crippen MR) is 136 cm³/mol. The van der Waals surface area contributed by atoms with Crippen molar-refractivity contribution in [2.24, 2.45) is 0 Å². The topological polar surface area (TPSA) is 84.9 Å². The van der Waals surface area contributed by atoms with Crippen molar-refractivity contribution in [2.45, 2.75) is 10.6 Å². The number of methoxy groups -OCH3 is 2. The maximum absolute atomic E-state index is 13.7. The quantitative estimate of drug-likeness (QED) is 0.364. The molecule has 0 aliphatic rings. The first-order valence-electron chi connectivity index (χ1n) is 10.7. The number of carbonyl (C=O) groups is 1. The summed E-state index contributed by atoms with van der Waals surface area (Å²) in [7, 11) is -1.17. The second kappa shape index (κ2) is 12.5. The molecule has 10 heteroatoms. The average molecular weight is 519 g/mol. The summed E-state index contributed by atoms with van der Waals surface area (Å²) in [6.07, 6.45) is 0. The standard InChI is InChI=1S/C25H27FN2O5S2/c1-32-20-12-13-23(24(16-20)33-2)28(35(30,31)21-9-4-3-5-10-21)17-25(29)27-14-15-34-18-19-8-6-7-11-22(19)26/h3-13,16H,14-15,17-18H2,1-2H3,(H,27,29). The Bertz CT molecular complexity index is 1240. The molecule has 0 spiro atoms. The van der Waals surface area contributed by atoms with Gasteiger partial charge in [0.25, 0.3) is 10.0 Å². The summed E-state index contributed by atoms with van der Waals surface area (Å²) < 4.78 is 52.3. The molecule has 3 aromatic carbocycles. The van der Waals surface area contributed by atoms with Crippen LogP contribution in [0, 0.1) is 5.82 Å². The van der Waals surface area contributed by atoms with Crippen LogP contribution in [0.3, 0.4) is 0 Å². The highest BCUT2D eigenvalue weighted by molar-refractivity contribution is 7.98. The molecule has 0 atom stereocenters. The average Bonchev–Trinajstić information content (AvgIpc) is 2.88. The van der Waals surface area contributed by atoms with Crippen LogP contribution in [0.25, 0.3) is 0 Å². The first-order valence-corrected chi connectivity index (χ1v) is 13.3. The van der Waals surface area contributed by atoms with E-state index in [4.69, 9.17) is 9.47 Å². The molecule has 0 unspecified atom stereocenters. The Hall–Kier alpha value is -3.24. The first kappa shape index (κ1) is 26.4. The van der Waals surface area contributed by atoms with Crippen molar-refractivity contribution in [1.29, 1.82) is 0 Å². The van der Waals surface area contributed by atoms with Gasteiger partial charge in [0.15, 0.2) is 0 Å². The lowest BCUT2D eigenvalue weighted by molar-refractivity contribution is -0.119. The highest BCUT2D eigenvalue weighted by Gasteiger charge is 2.29. The fourth-order valence-corrected chi connectivity index (χ4v) is 5.55. The van der Waals surface area contributed by atoms with Crippen LogP contribution in [-0.4, -0.2) is 47.4 Å². The molecule has 0 saturated heterocycles. The van der Waals surface area contributed by atoms with E-state index < -0.39 is 22.5 Å². The van der Waals surface area contributed by atoms with Crippen LogP contribution in [0.5, 0.6) is 11.5 Å². The number of hydrogen-bond donors (Lipinski definition) is 1. The third kappa shape index (κ3) is 6.89. The number of sulfonamides is 1. The van der Waals surface area contributed by atoms with E-state index in [-0.39, 0.29) is 22.1 Å². The molecule has 1 N–H and O–H groups in total. The highest BCUT2D eigenvalue weighted by atomic mass is 32.2. The summed E-state index contributed by atoms with van der Waals surface area (Å²) in [6, 6.07) is 19.1. The van der Waals surface area contributed by atoms with Crippen molar-refractivity contribution in [3.63, 3.8) is 0 Å². The Morgan fingerprint density at radius 1 is 1.00 bits per heavy atom. The van der Waals surface area contributed by atoms with Gasteiger partial charge in [0, 0.05) is 24.1 Å². The van der Waals surface area contributed by atoms with E-state index in [1.54, 1.807) is 48.5 Å². The summed E-state index contributed by atoms with van der Waals surface area (Å²) in [5, 5.41) is 2.74. The molecule has 3 aromatic rings. The number of hydrogen-bond acceptors (Lipinski definition) is 6. The molecule has 0 bridgehead atoms.